The van der Waals surface area contributed by atoms with Crippen molar-refractivity contribution in [2.45, 2.75) is 25.0 Å². The molecule has 2 aromatic heterocycles. The van der Waals surface area contributed by atoms with Crippen LogP contribution in [0.2, 0.25) is 0 Å². The summed E-state index contributed by atoms with van der Waals surface area (Å²) in [6, 6.07) is 15.6. The molecule has 0 bridgehead atoms. The maximum atomic E-state index is 12.3. The number of rotatable bonds is 15. The number of ether oxygens (including phenoxy) is 2. The molecule has 4 aromatic rings. The number of benzene rings is 2. The first kappa shape index (κ1) is 40.4. The summed E-state index contributed by atoms with van der Waals surface area (Å²) in [5.74, 6) is -3.79. The largest absolute Gasteiger partial charge is 0.494 e. The molecule has 0 aliphatic carbocycles. The summed E-state index contributed by atoms with van der Waals surface area (Å²) in [6.07, 6.45) is 2.62. The maximum absolute atomic E-state index is 12.3. The Hall–Kier alpha value is -6.37. The van der Waals surface area contributed by atoms with E-state index in [1.807, 2.05) is 62.8 Å². The average Bonchev–Trinajstić information content (AvgIpc) is 3.55. The molecule has 5 rings (SSSR count). The Morgan fingerprint density at radius 2 is 1.69 bits per heavy atom. The van der Waals surface area contributed by atoms with Crippen LogP contribution in [0.3, 0.4) is 0 Å². The van der Waals surface area contributed by atoms with Crippen LogP contribution in [0.5, 0.6) is 5.75 Å². The first-order valence-electron chi connectivity index (χ1n) is 16.5. The number of methoxy groups -OCH3 is 1. The minimum Gasteiger partial charge on any atom is -0.494 e. The highest BCUT2D eigenvalue weighted by Crippen LogP contribution is 2.38. The average molecular weight is 747 g/mol. The number of aliphatic carboxylic acids is 3. The Labute approximate surface area is 310 Å². The second kappa shape index (κ2) is 18.4. The molecular weight excluding hydrogens is 704 g/mol. The SMILES string of the molecule is C=CC(=O)Nc1cc(Nc2nccc(-n3cc(CN(C)C)c(-c4ccccc4)n3)n2)c(OC)cc1N1CCOCC1.O=C(O)CC(O)(CC(=O)O)C(=O)O. The fraction of sp³-hybridized carbons (Fsp3) is 0.306. The summed E-state index contributed by atoms with van der Waals surface area (Å²) in [7, 11) is 5.66. The Morgan fingerprint density at radius 3 is 2.26 bits per heavy atom. The van der Waals surface area contributed by atoms with E-state index in [0.29, 0.717) is 55.2 Å². The summed E-state index contributed by atoms with van der Waals surface area (Å²) in [4.78, 5) is 56.2. The highest BCUT2D eigenvalue weighted by molar-refractivity contribution is 6.02. The van der Waals surface area contributed by atoms with Gasteiger partial charge in [0.25, 0.3) is 0 Å². The van der Waals surface area contributed by atoms with Crippen molar-refractivity contribution in [1.82, 2.24) is 24.6 Å². The predicted molar refractivity (Wildman–Crippen MR) is 197 cm³/mol. The Balaban J connectivity index is 0.000000428. The summed E-state index contributed by atoms with van der Waals surface area (Å²) >= 11 is 0. The number of nitrogens with one attached hydrogen (secondary N) is 2. The molecule has 1 saturated heterocycles. The van der Waals surface area contributed by atoms with Gasteiger partial charge in [0.2, 0.25) is 11.9 Å². The Bertz CT molecular complexity index is 1950. The zero-order valence-corrected chi connectivity index (χ0v) is 29.9. The van der Waals surface area contributed by atoms with Gasteiger partial charge < -0.3 is 50.3 Å². The molecule has 2 aromatic carbocycles. The lowest BCUT2D eigenvalue weighted by molar-refractivity contribution is -0.170. The van der Waals surface area contributed by atoms with Gasteiger partial charge in [0.15, 0.2) is 11.4 Å². The van der Waals surface area contributed by atoms with E-state index in [0.717, 1.165) is 29.1 Å². The highest BCUT2D eigenvalue weighted by atomic mass is 16.5. The van der Waals surface area contributed by atoms with Crippen LogP contribution in [0, 0.1) is 0 Å². The minimum atomic E-state index is -2.74. The molecule has 1 aliphatic rings. The van der Waals surface area contributed by atoms with Crippen LogP contribution in [0.4, 0.5) is 23.0 Å². The standard InChI is InChI=1S/C30H34N8O3.C6H8O7/c1-5-28(39)32-23-17-24(26(40-4)18-25(23)37-13-15-41-16-14-37)33-30-31-12-11-27(34-30)38-20-22(19-36(2)3)29(35-38)21-9-7-6-8-10-21;7-3(8)1-6(13,5(11)12)2-4(9)10/h5-12,17-18,20H,1,13-16,19H2,2-4H3,(H,32,39)(H,31,33,34);13H,1-2H2,(H,7,8)(H,9,10)(H,11,12). The topological polar surface area (TPSA) is 242 Å². The molecule has 3 heterocycles. The third-order valence-electron chi connectivity index (χ3n) is 7.84. The first-order valence-corrected chi connectivity index (χ1v) is 16.5. The zero-order chi connectivity index (χ0) is 39.4. The molecule has 18 nitrogen and oxygen atoms in total. The number of carboxylic acid groups (broad SMARTS) is 3. The van der Waals surface area contributed by atoms with Gasteiger partial charge in [-0.15, -0.1) is 0 Å². The van der Waals surface area contributed by atoms with Crippen molar-refractivity contribution in [3.8, 4) is 22.8 Å². The summed E-state index contributed by atoms with van der Waals surface area (Å²) in [5, 5.41) is 44.9. The van der Waals surface area contributed by atoms with E-state index in [1.54, 1.807) is 24.1 Å². The number of hydrogen-bond donors (Lipinski definition) is 6. The molecule has 6 N–H and O–H groups in total. The molecule has 1 fully saturated rings. The van der Waals surface area contributed by atoms with E-state index in [2.05, 4.69) is 32.0 Å². The molecular formula is C36H42N8O10. The molecule has 1 amide bonds. The summed E-state index contributed by atoms with van der Waals surface area (Å²) in [5.41, 5.74) is 2.32. The third kappa shape index (κ3) is 10.8. The van der Waals surface area contributed by atoms with Gasteiger partial charge in [-0.1, -0.05) is 36.9 Å². The molecule has 0 unspecified atom stereocenters. The number of morpholine rings is 1. The van der Waals surface area contributed by atoms with Crippen molar-refractivity contribution in [2.75, 3.05) is 63.0 Å². The molecule has 0 spiro atoms. The van der Waals surface area contributed by atoms with Crippen molar-refractivity contribution < 1.29 is 49.1 Å². The number of hydrogen-bond acceptors (Lipinski definition) is 13. The lowest BCUT2D eigenvalue weighted by atomic mass is 9.96. The van der Waals surface area contributed by atoms with E-state index in [4.69, 9.17) is 40.0 Å². The molecule has 54 heavy (non-hydrogen) atoms. The van der Waals surface area contributed by atoms with Gasteiger partial charge in [0.1, 0.15) is 5.75 Å². The molecule has 0 radical (unpaired) electrons. The predicted octanol–water partition coefficient (Wildman–Crippen LogP) is 2.86. The van der Waals surface area contributed by atoms with Gasteiger partial charge >= 0.3 is 17.9 Å². The Kier molecular flexibility index (Phi) is 13.8. The van der Waals surface area contributed by atoms with Crippen molar-refractivity contribution in [1.29, 1.82) is 0 Å². The summed E-state index contributed by atoms with van der Waals surface area (Å²) in [6.45, 7) is 6.92. The number of anilines is 4. The van der Waals surface area contributed by atoms with Crippen LogP contribution in [-0.4, -0.2) is 122 Å². The van der Waals surface area contributed by atoms with Crippen molar-refractivity contribution in [3.05, 3.63) is 79.1 Å². The van der Waals surface area contributed by atoms with Crippen LogP contribution in [-0.2, 0) is 30.5 Å². The number of carboxylic acids is 3. The Morgan fingerprint density at radius 1 is 1.02 bits per heavy atom. The van der Waals surface area contributed by atoms with Gasteiger partial charge in [0.05, 0.1) is 55.9 Å². The van der Waals surface area contributed by atoms with Crippen molar-refractivity contribution in [2.24, 2.45) is 0 Å². The highest BCUT2D eigenvalue weighted by Gasteiger charge is 2.40. The molecule has 286 valence electrons. The smallest absolute Gasteiger partial charge is 0.336 e. The first-order chi connectivity index (χ1) is 25.7. The van der Waals surface area contributed by atoms with Gasteiger partial charge in [-0.05, 0) is 26.2 Å². The lowest BCUT2D eigenvalue weighted by Crippen LogP contribution is -2.42. The van der Waals surface area contributed by atoms with Gasteiger partial charge in [0, 0.05) is 55.3 Å². The number of aromatic nitrogens is 4. The van der Waals surface area contributed by atoms with Gasteiger partial charge in [-0.2, -0.15) is 10.1 Å². The summed E-state index contributed by atoms with van der Waals surface area (Å²) < 4.78 is 13.0. The van der Waals surface area contributed by atoms with Crippen LogP contribution in [0.25, 0.3) is 17.1 Å². The number of nitrogens with zero attached hydrogens (tertiary/aromatic N) is 6. The fourth-order valence-corrected chi connectivity index (χ4v) is 5.38. The quantitative estimate of drug-likeness (QED) is 0.0958. The van der Waals surface area contributed by atoms with Crippen molar-refractivity contribution in [3.63, 3.8) is 0 Å². The van der Waals surface area contributed by atoms with E-state index in [-0.39, 0.29) is 5.91 Å². The second-order valence-electron chi connectivity index (χ2n) is 12.3. The van der Waals surface area contributed by atoms with Crippen LogP contribution < -0.4 is 20.3 Å². The molecule has 0 atom stereocenters. The van der Waals surface area contributed by atoms with E-state index in [9.17, 15) is 19.2 Å². The molecule has 18 heteroatoms. The normalized spacial score (nSPS) is 12.6. The minimum absolute atomic E-state index is 0.310. The van der Waals surface area contributed by atoms with Gasteiger partial charge in [-0.3, -0.25) is 14.4 Å². The van der Waals surface area contributed by atoms with Crippen LogP contribution in [0.1, 0.15) is 18.4 Å². The fourth-order valence-electron chi connectivity index (χ4n) is 5.38. The van der Waals surface area contributed by atoms with E-state index < -0.39 is 36.4 Å². The number of aliphatic hydroxyl groups is 1. The van der Waals surface area contributed by atoms with Crippen LogP contribution in [0.15, 0.2) is 73.6 Å². The van der Waals surface area contributed by atoms with Crippen LogP contribution >= 0.6 is 0 Å². The number of carbonyl (C=O) groups excluding carboxylic acids is 1. The monoisotopic (exact) mass is 746 g/mol. The van der Waals surface area contributed by atoms with Crippen molar-refractivity contribution >= 4 is 46.8 Å². The maximum Gasteiger partial charge on any atom is 0.336 e. The van der Waals surface area contributed by atoms with E-state index >= 15 is 0 Å². The number of amides is 1. The van der Waals surface area contributed by atoms with E-state index in [1.165, 1.54) is 6.08 Å². The number of carbonyl (C=O) groups is 4. The zero-order valence-electron chi connectivity index (χ0n) is 29.9. The molecule has 1 aliphatic heterocycles. The third-order valence-corrected chi connectivity index (χ3v) is 7.84. The van der Waals surface area contributed by atoms with Gasteiger partial charge in [-0.25, -0.2) is 14.5 Å². The molecule has 0 saturated carbocycles. The second-order valence-corrected chi connectivity index (χ2v) is 12.3. The lowest BCUT2D eigenvalue weighted by Gasteiger charge is -2.31.